The molecule has 1 aliphatic heterocycles. The van der Waals surface area contributed by atoms with E-state index in [-0.39, 0.29) is 45.9 Å². The molecule has 158 valence electrons. The maximum atomic E-state index is 12.7. The highest BCUT2D eigenvalue weighted by Crippen LogP contribution is 2.73. The quantitative estimate of drug-likeness (QED) is 0.589. The number of rotatable bonds is 3. The van der Waals surface area contributed by atoms with Gasteiger partial charge in [-0.15, -0.1) is 0 Å². The number of phenolic OH excluding ortho intramolecular Hbond substituents is 1. The third kappa shape index (κ3) is 2.93. The summed E-state index contributed by atoms with van der Waals surface area (Å²) in [7, 11) is 0. The average Bonchev–Trinajstić information content (AvgIpc) is 3.12. The van der Waals surface area contributed by atoms with Gasteiger partial charge in [0.2, 0.25) is 0 Å². The molecule has 3 fully saturated rings. The van der Waals surface area contributed by atoms with Crippen molar-refractivity contribution in [2.75, 3.05) is 6.61 Å². The summed E-state index contributed by atoms with van der Waals surface area (Å²) in [4.78, 5) is 12.7. The molecule has 29 heavy (non-hydrogen) atoms. The van der Waals surface area contributed by atoms with Gasteiger partial charge in [0.25, 0.3) is 0 Å². The number of fused-ring (bicyclic) bond motifs is 3. The number of ether oxygens (including phenoxy) is 2. The van der Waals surface area contributed by atoms with Crippen LogP contribution < -0.4 is 0 Å². The Morgan fingerprint density at radius 2 is 1.86 bits per heavy atom. The number of esters is 1. The van der Waals surface area contributed by atoms with Crippen LogP contribution in [-0.2, 0) is 14.3 Å². The van der Waals surface area contributed by atoms with Crippen molar-refractivity contribution in [3.05, 3.63) is 35.9 Å². The lowest BCUT2D eigenvalue weighted by atomic mass is 9.46. The maximum Gasteiger partial charge on any atom is 0.331 e. The Labute approximate surface area is 172 Å². The molecule has 1 saturated heterocycles. The highest BCUT2D eigenvalue weighted by Gasteiger charge is 2.74. The zero-order valence-corrected chi connectivity index (χ0v) is 17.7. The van der Waals surface area contributed by atoms with Crippen molar-refractivity contribution in [2.45, 2.75) is 59.4 Å². The topological polar surface area (TPSA) is 76.0 Å². The van der Waals surface area contributed by atoms with E-state index < -0.39 is 6.29 Å². The molecule has 6 atom stereocenters. The van der Waals surface area contributed by atoms with Gasteiger partial charge in [0.1, 0.15) is 11.9 Å². The molecule has 5 nitrogen and oxygen atoms in total. The van der Waals surface area contributed by atoms with Gasteiger partial charge in [0, 0.05) is 23.3 Å². The van der Waals surface area contributed by atoms with Crippen molar-refractivity contribution >= 4 is 12.0 Å². The number of aliphatic hydroxyl groups excluding tert-OH is 1. The minimum Gasteiger partial charge on any atom is -0.508 e. The Morgan fingerprint density at radius 1 is 1.17 bits per heavy atom. The summed E-state index contributed by atoms with van der Waals surface area (Å²) < 4.78 is 11.7. The van der Waals surface area contributed by atoms with Crippen LogP contribution in [0.1, 0.15) is 52.5 Å². The molecular weight excluding hydrogens is 368 g/mol. The second-order valence-corrected chi connectivity index (χ2v) is 10.1. The molecule has 4 rings (SSSR count). The SMILES string of the molecule is CC1(C)CCC[C@@]2(C)[C@@H](OC(=O)/C=C/c3ccc(O)cc3)[C@@H]3CO[C@@H](O)[C@@H]3[C@@]12C. The highest BCUT2D eigenvalue weighted by atomic mass is 16.6. The molecule has 2 N–H and O–H groups in total. The first kappa shape index (κ1) is 20.4. The Hall–Kier alpha value is -1.85. The summed E-state index contributed by atoms with van der Waals surface area (Å²) >= 11 is 0. The van der Waals surface area contributed by atoms with Gasteiger partial charge in [0.15, 0.2) is 6.29 Å². The van der Waals surface area contributed by atoms with Gasteiger partial charge < -0.3 is 19.7 Å². The van der Waals surface area contributed by atoms with Crippen LogP contribution in [-0.4, -0.2) is 35.2 Å². The number of aromatic hydroxyl groups is 1. The molecule has 0 radical (unpaired) electrons. The number of carbonyl (C=O) groups excluding carboxylic acids is 1. The number of hydrogen-bond acceptors (Lipinski definition) is 5. The molecule has 0 amide bonds. The van der Waals surface area contributed by atoms with Gasteiger partial charge in [-0.2, -0.15) is 0 Å². The summed E-state index contributed by atoms with van der Waals surface area (Å²) in [6.07, 6.45) is 5.21. The molecule has 2 saturated carbocycles. The van der Waals surface area contributed by atoms with Crippen molar-refractivity contribution < 1.29 is 24.5 Å². The van der Waals surface area contributed by atoms with E-state index in [2.05, 4.69) is 27.7 Å². The predicted octanol–water partition coefficient (Wildman–Crippen LogP) is 4.13. The fraction of sp³-hybridized carbons (Fsp3) is 0.625. The molecule has 2 aliphatic carbocycles. The minimum atomic E-state index is -0.807. The molecule has 0 aromatic heterocycles. The fourth-order valence-corrected chi connectivity index (χ4v) is 6.68. The number of hydrogen-bond donors (Lipinski definition) is 2. The summed E-state index contributed by atoms with van der Waals surface area (Å²) in [5.74, 6) is -0.226. The lowest BCUT2D eigenvalue weighted by Gasteiger charge is -2.59. The van der Waals surface area contributed by atoms with Gasteiger partial charge in [-0.05, 0) is 47.4 Å². The van der Waals surface area contributed by atoms with Crippen LogP contribution in [0, 0.1) is 28.1 Å². The molecule has 0 unspecified atom stereocenters. The maximum absolute atomic E-state index is 12.7. The van der Waals surface area contributed by atoms with Gasteiger partial charge in [-0.3, -0.25) is 0 Å². The van der Waals surface area contributed by atoms with E-state index in [0.29, 0.717) is 6.61 Å². The summed E-state index contributed by atoms with van der Waals surface area (Å²) in [5, 5.41) is 20.1. The first-order chi connectivity index (χ1) is 13.6. The smallest absolute Gasteiger partial charge is 0.331 e. The second kappa shape index (κ2) is 6.85. The Balaban J connectivity index is 1.61. The van der Waals surface area contributed by atoms with Crippen LogP contribution in [0.4, 0.5) is 0 Å². The van der Waals surface area contributed by atoms with E-state index in [1.807, 2.05) is 0 Å². The monoisotopic (exact) mass is 400 g/mol. The minimum absolute atomic E-state index is 0.00315. The Morgan fingerprint density at radius 3 is 2.55 bits per heavy atom. The van der Waals surface area contributed by atoms with E-state index >= 15 is 0 Å². The third-order valence-corrected chi connectivity index (χ3v) is 8.55. The van der Waals surface area contributed by atoms with Gasteiger partial charge >= 0.3 is 5.97 Å². The van der Waals surface area contributed by atoms with Crippen molar-refractivity contribution in [3.8, 4) is 5.75 Å². The Bertz CT molecular complexity index is 813. The van der Waals surface area contributed by atoms with Gasteiger partial charge in [-0.1, -0.05) is 46.2 Å². The second-order valence-electron chi connectivity index (χ2n) is 10.1. The normalized spacial score (nSPS) is 40.6. The van der Waals surface area contributed by atoms with Crippen LogP contribution in [0.15, 0.2) is 30.3 Å². The van der Waals surface area contributed by atoms with Crippen LogP contribution in [0.3, 0.4) is 0 Å². The van der Waals surface area contributed by atoms with Crippen LogP contribution in [0.2, 0.25) is 0 Å². The lowest BCUT2D eigenvalue weighted by Crippen LogP contribution is -2.56. The van der Waals surface area contributed by atoms with Crippen molar-refractivity contribution in [1.29, 1.82) is 0 Å². The molecule has 1 heterocycles. The molecule has 0 spiro atoms. The molecule has 0 bridgehead atoms. The van der Waals surface area contributed by atoms with E-state index in [1.165, 1.54) is 6.08 Å². The van der Waals surface area contributed by atoms with Crippen molar-refractivity contribution in [1.82, 2.24) is 0 Å². The van der Waals surface area contributed by atoms with Crippen LogP contribution in [0.5, 0.6) is 5.75 Å². The highest BCUT2D eigenvalue weighted by molar-refractivity contribution is 5.87. The largest absolute Gasteiger partial charge is 0.508 e. The van der Waals surface area contributed by atoms with E-state index in [1.54, 1.807) is 30.3 Å². The van der Waals surface area contributed by atoms with E-state index in [0.717, 1.165) is 24.8 Å². The third-order valence-electron chi connectivity index (χ3n) is 8.55. The number of phenols is 1. The molecule has 1 aromatic carbocycles. The fourth-order valence-electron chi connectivity index (χ4n) is 6.68. The summed E-state index contributed by atoms with van der Waals surface area (Å²) in [6, 6.07) is 6.66. The first-order valence-corrected chi connectivity index (χ1v) is 10.6. The Kier molecular flexibility index (Phi) is 4.82. The lowest BCUT2D eigenvalue weighted by molar-refractivity contribution is -0.193. The van der Waals surface area contributed by atoms with Gasteiger partial charge in [0.05, 0.1) is 6.61 Å². The van der Waals surface area contributed by atoms with E-state index in [4.69, 9.17) is 9.47 Å². The number of carbonyl (C=O) groups is 1. The van der Waals surface area contributed by atoms with E-state index in [9.17, 15) is 15.0 Å². The molecule has 5 heteroatoms. The summed E-state index contributed by atoms with van der Waals surface area (Å²) in [5.41, 5.74) is 0.431. The summed E-state index contributed by atoms with van der Waals surface area (Å²) in [6.45, 7) is 9.48. The zero-order valence-electron chi connectivity index (χ0n) is 17.7. The van der Waals surface area contributed by atoms with Crippen LogP contribution >= 0.6 is 0 Å². The zero-order chi connectivity index (χ0) is 21.0. The van der Waals surface area contributed by atoms with Crippen LogP contribution in [0.25, 0.3) is 6.08 Å². The molecule has 3 aliphatic rings. The average molecular weight is 401 g/mol. The van der Waals surface area contributed by atoms with Gasteiger partial charge in [-0.25, -0.2) is 4.79 Å². The predicted molar refractivity (Wildman–Crippen MR) is 110 cm³/mol. The number of benzene rings is 1. The van der Waals surface area contributed by atoms with Crippen molar-refractivity contribution in [3.63, 3.8) is 0 Å². The first-order valence-electron chi connectivity index (χ1n) is 10.6. The number of aliphatic hydroxyl groups is 1. The van der Waals surface area contributed by atoms with Crippen molar-refractivity contribution in [2.24, 2.45) is 28.1 Å². The standard InChI is InChI=1S/C24H32O5/c1-22(2)12-5-13-23(3)20(17-14-28-21(27)19(17)24(22,23)4)29-18(26)11-8-15-6-9-16(25)10-7-15/h6-11,17,19-21,25,27H,5,12-14H2,1-4H3/b11-8+/t17-,19-,20+,21-,23+,24+/m1/s1. The molecular formula is C24H32O5. The molecule has 1 aromatic rings.